The Labute approximate surface area is 92.2 Å². The SMILES string of the molecule is CC1CC(C)N(CC(C)(C)C(=O)NN)C1. The Hall–Kier alpha value is -0.610. The number of hydrazine groups is 1. The van der Waals surface area contributed by atoms with Gasteiger partial charge in [0.15, 0.2) is 0 Å². The largest absolute Gasteiger partial charge is 0.299 e. The van der Waals surface area contributed by atoms with Gasteiger partial charge in [0.2, 0.25) is 5.91 Å². The molecule has 4 heteroatoms. The van der Waals surface area contributed by atoms with Crippen molar-refractivity contribution >= 4 is 5.91 Å². The van der Waals surface area contributed by atoms with E-state index in [0.29, 0.717) is 6.04 Å². The van der Waals surface area contributed by atoms with Gasteiger partial charge in [-0.2, -0.15) is 0 Å². The number of carbonyl (C=O) groups excluding carboxylic acids is 1. The molecule has 0 aromatic heterocycles. The third kappa shape index (κ3) is 2.92. The molecule has 1 rings (SSSR count). The van der Waals surface area contributed by atoms with Crippen molar-refractivity contribution in [1.29, 1.82) is 0 Å². The van der Waals surface area contributed by atoms with Gasteiger partial charge in [-0.05, 0) is 33.1 Å². The maximum atomic E-state index is 11.5. The standard InChI is InChI=1S/C11H23N3O/c1-8-5-9(2)14(6-8)7-11(3,4)10(15)13-12/h8-9H,5-7,12H2,1-4H3,(H,13,15). The van der Waals surface area contributed by atoms with Crippen molar-refractivity contribution in [3.05, 3.63) is 0 Å². The zero-order valence-corrected chi connectivity index (χ0v) is 10.2. The molecular weight excluding hydrogens is 190 g/mol. The molecule has 0 aromatic carbocycles. The minimum absolute atomic E-state index is 0.0887. The Kier molecular flexibility index (Phi) is 3.73. The molecule has 1 amide bonds. The first-order chi connectivity index (χ1) is 6.86. The van der Waals surface area contributed by atoms with Crippen molar-refractivity contribution < 1.29 is 4.79 Å². The monoisotopic (exact) mass is 213 g/mol. The van der Waals surface area contributed by atoms with Crippen LogP contribution in [0.1, 0.15) is 34.1 Å². The van der Waals surface area contributed by atoms with Crippen LogP contribution in [0, 0.1) is 11.3 Å². The highest BCUT2D eigenvalue weighted by atomic mass is 16.2. The first-order valence-electron chi connectivity index (χ1n) is 5.62. The van der Waals surface area contributed by atoms with Crippen LogP contribution in [0.2, 0.25) is 0 Å². The molecule has 88 valence electrons. The van der Waals surface area contributed by atoms with Gasteiger partial charge in [-0.3, -0.25) is 15.1 Å². The zero-order chi connectivity index (χ0) is 11.6. The highest BCUT2D eigenvalue weighted by Gasteiger charge is 2.34. The summed E-state index contributed by atoms with van der Waals surface area (Å²) in [6.07, 6.45) is 1.22. The van der Waals surface area contributed by atoms with Crippen LogP contribution in [0.5, 0.6) is 0 Å². The molecule has 1 heterocycles. The van der Waals surface area contributed by atoms with E-state index in [2.05, 4.69) is 24.2 Å². The van der Waals surface area contributed by atoms with Gasteiger partial charge in [0.25, 0.3) is 0 Å². The molecule has 0 spiro atoms. The molecule has 4 nitrogen and oxygen atoms in total. The van der Waals surface area contributed by atoms with Crippen molar-refractivity contribution in [2.45, 2.75) is 40.2 Å². The highest BCUT2D eigenvalue weighted by molar-refractivity contribution is 5.81. The molecule has 0 aromatic rings. The van der Waals surface area contributed by atoms with Gasteiger partial charge in [0.05, 0.1) is 5.41 Å². The van der Waals surface area contributed by atoms with E-state index in [4.69, 9.17) is 5.84 Å². The zero-order valence-electron chi connectivity index (χ0n) is 10.2. The van der Waals surface area contributed by atoms with E-state index in [9.17, 15) is 4.79 Å². The number of nitrogens with one attached hydrogen (secondary N) is 1. The predicted molar refractivity (Wildman–Crippen MR) is 60.9 cm³/mol. The summed E-state index contributed by atoms with van der Waals surface area (Å²) < 4.78 is 0. The third-order valence-electron chi connectivity index (χ3n) is 3.26. The molecule has 0 saturated carbocycles. The Morgan fingerprint density at radius 1 is 1.53 bits per heavy atom. The van der Waals surface area contributed by atoms with Crippen LogP contribution in [-0.4, -0.2) is 29.9 Å². The van der Waals surface area contributed by atoms with Gasteiger partial charge < -0.3 is 0 Å². The smallest absolute Gasteiger partial charge is 0.240 e. The lowest BCUT2D eigenvalue weighted by molar-refractivity contribution is -0.130. The molecule has 0 bridgehead atoms. The van der Waals surface area contributed by atoms with Gasteiger partial charge >= 0.3 is 0 Å². The summed E-state index contributed by atoms with van der Waals surface area (Å²) in [5.74, 6) is 5.82. The van der Waals surface area contributed by atoms with Crippen LogP contribution < -0.4 is 11.3 Å². The molecule has 0 radical (unpaired) electrons. The summed E-state index contributed by atoms with van der Waals surface area (Å²) in [4.78, 5) is 13.9. The minimum atomic E-state index is -0.410. The number of nitrogens with zero attached hydrogens (tertiary/aromatic N) is 1. The molecule has 1 saturated heterocycles. The highest BCUT2D eigenvalue weighted by Crippen LogP contribution is 2.27. The van der Waals surface area contributed by atoms with Gasteiger partial charge in [0.1, 0.15) is 0 Å². The Morgan fingerprint density at radius 2 is 2.13 bits per heavy atom. The van der Waals surface area contributed by atoms with Crippen molar-refractivity contribution in [2.24, 2.45) is 17.2 Å². The molecular formula is C11H23N3O. The van der Waals surface area contributed by atoms with Gasteiger partial charge in [-0.1, -0.05) is 6.92 Å². The minimum Gasteiger partial charge on any atom is -0.299 e. The maximum absolute atomic E-state index is 11.5. The normalized spacial score (nSPS) is 28.1. The Bertz CT molecular complexity index is 240. The Morgan fingerprint density at radius 3 is 2.53 bits per heavy atom. The van der Waals surface area contributed by atoms with E-state index in [1.807, 2.05) is 13.8 Å². The number of amides is 1. The van der Waals surface area contributed by atoms with E-state index in [1.54, 1.807) is 0 Å². The van der Waals surface area contributed by atoms with E-state index in [1.165, 1.54) is 6.42 Å². The second-order valence-electron chi connectivity index (χ2n) is 5.48. The van der Waals surface area contributed by atoms with Crippen LogP contribution in [-0.2, 0) is 4.79 Å². The average Bonchev–Trinajstić information content (AvgIpc) is 2.43. The van der Waals surface area contributed by atoms with E-state index < -0.39 is 5.41 Å². The van der Waals surface area contributed by atoms with Crippen LogP contribution in [0.25, 0.3) is 0 Å². The third-order valence-corrected chi connectivity index (χ3v) is 3.26. The Balaban J connectivity index is 2.57. The first-order valence-corrected chi connectivity index (χ1v) is 5.62. The van der Waals surface area contributed by atoms with Crippen molar-refractivity contribution in [3.63, 3.8) is 0 Å². The van der Waals surface area contributed by atoms with E-state index in [-0.39, 0.29) is 5.91 Å². The summed E-state index contributed by atoms with van der Waals surface area (Å²) in [7, 11) is 0. The lowest BCUT2D eigenvalue weighted by Gasteiger charge is -2.31. The van der Waals surface area contributed by atoms with Gasteiger partial charge in [-0.15, -0.1) is 0 Å². The van der Waals surface area contributed by atoms with E-state index in [0.717, 1.165) is 19.0 Å². The van der Waals surface area contributed by atoms with Gasteiger partial charge in [-0.25, -0.2) is 5.84 Å². The molecule has 1 aliphatic heterocycles. The van der Waals surface area contributed by atoms with Crippen LogP contribution in [0.15, 0.2) is 0 Å². The first kappa shape index (κ1) is 12.5. The fraction of sp³-hybridized carbons (Fsp3) is 0.909. The second kappa shape index (κ2) is 4.49. The van der Waals surface area contributed by atoms with Crippen molar-refractivity contribution in [2.75, 3.05) is 13.1 Å². The number of carbonyl (C=O) groups is 1. The topological polar surface area (TPSA) is 58.4 Å². The molecule has 2 unspecified atom stereocenters. The van der Waals surface area contributed by atoms with Crippen molar-refractivity contribution in [1.82, 2.24) is 10.3 Å². The number of nitrogens with two attached hydrogens (primary N) is 1. The van der Waals surface area contributed by atoms with Crippen LogP contribution in [0.4, 0.5) is 0 Å². The lowest BCUT2D eigenvalue weighted by Crippen LogP contribution is -2.48. The number of hydrogen-bond donors (Lipinski definition) is 2. The molecule has 0 aliphatic carbocycles. The van der Waals surface area contributed by atoms with Gasteiger partial charge in [0, 0.05) is 19.1 Å². The average molecular weight is 213 g/mol. The van der Waals surface area contributed by atoms with Crippen LogP contribution in [0.3, 0.4) is 0 Å². The molecule has 1 fully saturated rings. The summed E-state index contributed by atoms with van der Waals surface area (Å²) in [5.41, 5.74) is 1.83. The molecule has 2 atom stereocenters. The van der Waals surface area contributed by atoms with E-state index >= 15 is 0 Å². The fourth-order valence-corrected chi connectivity index (χ4v) is 2.38. The predicted octanol–water partition coefficient (Wildman–Crippen LogP) is 0.733. The quantitative estimate of drug-likeness (QED) is 0.413. The second-order valence-corrected chi connectivity index (χ2v) is 5.48. The maximum Gasteiger partial charge on any atom is 0.240 e. The summed E-state index contributed by atoms with van der Waals surface area (Å²) in [5, 5.41) is 0. The van der Waals surface area contributed by atoms with Crippen molar-refractivity contribution in [3.8, 4) is 0 Å². The lowest BCUT2D eigenvalue weighted by atomic mass is 9.91. The van der Waals surface area contributed by atoms with Crippen LogP contribution >= 0.6 is 0 Å². The molecule has 15 heavy (non-hydrogen) atoms. The number of rotatable bonds is 3. The number of hydrogen-bond acceptors (Lipinski definition) is 3. The summed E-state index contributed by atoms with van der Waals surface area (Å²) in [6, 6.07) is 0.574. The summed E-state index contributed by atoms with van der Waals surface area (Å²) in [6.45, 7) is 10.2. The fourth-order valence-electron chi connectivity index (χ4n) is 2.38. The number of likely N-dealkylation sites (tertiary alicyclic amines) is 1. The molecule has 3 N–H and O–H groups in total. The molecule has 1 aliphatic rings. The summed E-state index contributed by atoms with van der Waals surface area (Å²) >= 11 is 0.